The van der Waals surface area contributed by atoms with Gasteiger partial charge in [0.1, 0.15) is 0 Å². The summed E-state index contributed by atoms with van der Waals surface area (Å²) in [6.45, 7) is 2.91. The first-order valence-corrected chi connectivity index (χ1v) is 8.93. The van der Waals surface area contributed by atoms with Gasteiger partial charge in [-0.3, -0.25) is 14.3 Å². The molecule has 0 aliphatic carbocycles. The third-order valence-corrected chi connectivity index (χ3v) is 5.37. The molecule has 1 aromatic heterocycles. The molecule has 1 saturated heterocycles. The highest BCUT2D eigenvalue weighted by Crippen LogP contribution is 2.29. The van der Waals surface area contributed by atoms with E-state index in [0.717, 1.165) is 21.3 Å². The topological polar surface area (TPSA) is 58.4 Å². The van der Waals surface area contributed by atoms with Crippen LogP contribution < -0.4 is 4.90 Å². The van der Waals surface area contributed by atoms with Crippen molar-refractivity contribution in [2.75, 3.05) is 18.5 Å². The molecule has 0 spiro atoms. The van der Waals surface area contributed by atoms with E-state index in [9.17, 15) is 9.59 Å². The number of aromatic nitrogens is 2. The molecule has 2 heterocycles. The maximum absolute atomic E-state index is 12.7. The molecule has 0 radical (unpaired) electrons. The minimum absolute atomic E-state index is 0.00477. The van der Waals surface area contributed by atoms with Crippen molar-refractivity contribution in [2.45, 2.75) is 19.9 Å². The summed E-state index contributed by atoms with van der Waals surface area (Å²) in [7, 11) is 3.62. The summed E-state index contributed by atoms with van der Waals surface area (Å²) in [4.78, 5) is 28.5. The van der Waals surface area contributed by atoms with Crippen molar-refractivity contribution in [1.82, 2.24) is 14.7 Å². The van der Waals surface area contributed by atoms with E-state index in [1.165, 1.54) is 0 Å². The Balaban J connectivity index is 1.68. The summed E-state index contributed by atoms with van der Waals surface area (Å²) in [5.74, 6) is -0.318. The van der Waals surface area contributed by atoms with Crippen LogP contribution in [0.5, 0.6) is 0 Å². The monoisotopic (exact) mass is 404 g/mol. The SMILES string of the molecule is Cc1cc(N2C[C@@H](C(=O)N(C)Cc3cnn(C)c3)CC2=O)ccc1Br. The minimum atomic E-state index is -0.307. The molecule has 132 valence electrons. The van der Waals surface area contributed by atoms with Crippen LogP contribution in [-0.2, 0) is 23.2 Å². The normalized spacial score (nSPS) is 17.2. The standard InChI is InChI=1S/C18H21BrN4O2/c1-12-6-15(4-5-16(12)19)23-11-14(7-17(23)24)18(25)21(2)9-13-8-20-22(3)10-13/h4-6,8,10,14H,7,9,11H2,1-3H3/t14-/m0/s1. The number of rotatable bonds is 4. The number of nitrogens with zero attached hydrogens (tertiary/aromatic N) is 4. The number of carbonyl (C=O) groups is 2. The van der Waals surface area contributed by atoms with Gasteiger partial charge >= 0.3 is 0 Å². The molecule has 2 amide bonds. The van der Waals surface area contributed by atoms with E-state index in [1.807, 2.05) is 38.4 Å². The summed E-state index contributed by atoms with van der Waals surface area (Å²) >= 11 is 3.47. The second-order valence-corrected chi connectivity index (χ2v) is 7.41. The predicted octanol–water partition coefficient (Wildman–Crippen LogP) is 2.50. The number of hydrogen-bond donors (Lipinski definition) is 0. The Morgan fingerprint density at radius 2 is 2.20 bits per heavy atom. The Morgan fingerprint density at radius 1 is 1.44 bits per heavy atom. The Hall–Kier alpha value is -2.15. The molecule has 1 aliphatic heterocycles. The lowest BCUT2D eigenvalue weighted by Crippen LogP contribution is -2.34. The van der Waals surface area contributed by atoms with Gasteiger partial charge in [0.05, 0.1) is 12.1 Å². The quantitative estimate of drug-likeness (QED) is 0.786. The molecule has 1 aromatic carbocycles. The van der Waals surface area contributed by atoms with Crippen molar-refractivity contribution in [2.24, 2.45) is 13.0 Å². The highest BCUT2D eigenvalue weighted by atomic mass is 79.9. The van der Waals surface area contributed by atoms with Crippen LogP contribution in [0.25, 0.3) is 0 Å². The Bertz CT molecular complexity index is 817. The van der Waals surface area contributed by atoms with Crippen molar-refractivity contribution in [3.05, 3.63) is 46.2 Å². The van der Waals surface area contributed by atoms with Crippen LogP contribution in [-0.4, -0.2) is 40.1 Å². The lowest BCUT2D eigenvalue weighted by atomic mass is 10.1. The molecular formula is C18H21BrN4O2. The molecule has 0 saturated carbocycles. The van der Waals surface area contributed by atoms with Gasteiger partial charge < -0.3 is 9.80 Å². The van der Waals surface area contributed by atoms with Crippen molar-refractivity contribution in [3.63, 3.8) is 0 Å². The maximum Gasteiger partial charge on any atom is 0.228 e. The summed E-state index contributed by atoms with van der Waals surface area (Å²) in [6.07, 6.45) is 3.90. The molecule has 1 atom stereocenters. The number of amides is 2. The zero-order chi connectivity index (χ0) is 18.1. The fraction of sp³-hybridized carbons (Fsp3) is 0.389. The van der Waals surface area contributed by atoms with Crippen LogP contribution in [0.2, 0.25) is 0 Å². The van der Waals surface area contributed by atoms with Crippen molar-refractivity contribution in [1.29, 1.82) is 0 Å². The average Bonchev–Trinajstić information content (AvgIpc) is 3.15. The third-order valence-electron chi connectivity index (χ3n) is 4.48. The number of halogens is 1. The third kappa shape index (κ3) is 3.76. The van der Waals surface area contributed by atoms with E-state index >= 15 is 0 Å². The molecule has 0 unspecified atom stereocenters. The first-order chi connectivity index (χ1) is 11.8. The lowest BCUT2D eigenvalue weighted by molar-refractivity contribution is -0.135. The summed E-state index contributed by atoms with van der Waals surface area (Å²) < 4.78 is 2.72. The van der Waals surface area contributed by atoms with Gasteiger partial charge in [-0.25, -0.2) is 0 Å². The molecule has 25 heavy (non-hydrogen) atoms. The number of carbonyl (C=O) groups excluding carboxylic acids is 2. The van der Waals surface area contributed by atoms with Crippen LogP contribution in [0.3, 0.4) is 0 Å². The van der Waals surface area contributed by atoms with Crippen molar-refractivity contribution < 1.29 is 9.59 Å². The first-order valence-electron chi connectivity index (χ1n) is 8.14. The van der Waals surface area contributed by atoms with Crippen LogP contribution in [0, 0.1) is 12.8 Å². The van der Waals surface area contributed by atoms with Crippen molar-refractivity contribution in [3.8, 4) is 0 Å². The van der Waals surface area contributed by atoms with Gasteiger partial charge in [-0.05, 0) is 30.7 Å². The van der Waals surface area contributed by atoms with Gasteiger partial charge in [0.15, 0.2) is 0 Å². The van der Waals surface area contributed by atoms with Crippen LogP contribution in [0.4, 0.5) is 5.69 Å². The Kier molecular flexibility index (Phi) is 4.94. The molecule has 1 fully saturated rings. The van der Waals surface area contributed by atoms with E-state index in [0.29, 0.717) is 13.1 Å². The van der Waals surface area contributed by atoms with Gasteiger partial charge in [0.25, 0.3) is 0 Å². The van der Waals surface area contributed by atoms with Crippen molar-refractivity contribution >= 4 is 33.4 Å². The second kappa shape index (κ2) is 7.00. The smallest absolute Gasteiger partial charge is 0.228 e. The van der Waals surface area contributed by atoms with Gasteiger partial charge in [-0.2, -0.15) is 5.10 Å². The average molecular weight is 405 g/mol. The van der Waals surface area contributed by atoms with E-state index in [4.69, 9.17) is 0 Å². The maximum atomic E-state index is 12.7. The van der Waals surface area contributed by atoms with E-state index in [1.54, 1.807) is 27.7 Å². The molecular weight excluding hydrogens is 384 g/mol. The lowest BCUT2D eigenvalue weighted by Gasteiger charge is -2.21. The molecule has 3 rings (SSSR count). The molecule has 7 heteroatoms. The number of anilines is 1. The molecule has 2 aromatic rings. The number of aryl methyl sites for hydroxylation is 2. The zero-order valence-electron chi connectivity index (χ0n) is 14.6. The Labute approximate surface area is 155 Å². The fourth-order valence-electron chi connectivity index (χ4n) is 3.14. The summed E-state index contributed by atoms with van der Waals surface area (Å²) in [5, 5.41) is 4.12. The first kappa shape index (κ1) is 17.7. The zero-order valence-corrected chi connectivity index (χ0v) is 16.2. The van der Waals surface area contributed by atoms with E-state index < -0.39 is 0 Å². The predicted molar refractivity (Wildman–Crippen MR) is 99.0 cm³/mol. The van der Waals surface area contributed by atoms with Gasteiger partial charge in [-0.15, -0.1) is 0 Å². The molecule has 0 N–H and O–H groups in total. The highest BCUT2D eigenvalue weighted by molar-refractivity contribution is 9.10. The minimum Gasteiger partial charge on any atom is -0.341 e. The largest absolute Gasteiger partial charge is 0.341 e. The fourth-order valence-corrected chi connectivity index (χ4v) is 3.38. The van der Waals surface area contributed by atoms with Crippen LogP contribution in [0.1, 0.15) is 17.5 Å². The Morgan fingerprint density at radius 3 is 2.84 bits per heavy atom. The number of hydrogen-bond acceptors (Lipinski definition) is 3. The van der Waals surface area contributed by atoms with Gasteiger partial charge in [-0.1, -0.05) is 15.9 Å². The number of benzene rings is 1. The van der Waals surface area contributed by atoms with E-state index in [2.05, 4.69) is 21.0 Å². The van der Waals surface area contributed by atoms with Crippen LogP contribution >= 0.6 is 15.9 Å². The molecule has 1 aliphatic rings. The molecule has 0 bridgehead atoms. The summed E-state index contributed by atoms with van der Waals surface area (Å²) in [6, 6.07) is 5.80. The highest BCUT2D eigenvalue weighted by Gasteiger charge is 2.36. The van der Waals surface area contributed by atoms with Gasteiger partial charge in [0.2, 0.25) is 11.8 Å². The summed E-state index contributed by atoms with van der Waals surface area (Å²) in [5.41, 5.74) is 2.88. The second-order valence-electron chi connectivity index (χ2n) is 6.56. The van der Waals surface area contributed by atoms with Gasteiger partial charge in [0, 0.05) is 55.5 Å². The molecule has 6 nitrogen and oxygen atoms in total. The van der Waals surface area contributed by atoms with E-state index in [-0.39, 0.29) is 24.2 Å². The van der Waals surface area contributed by atoms with Crippen LogP contribution in [0.15, 0.2) is 35.1 Å².